The number of nitrogens with one attached hydrogen (secondary N) is 3. The molecule has 1 aliphatic carbocycles. The third-order valence-corrected chi connectivity index (χ3v) is 9.16. The molecule has 3 aromatic carbocycles. The van der Waals surface area contributed by atoms with Gasteiger partial charge in [0.2, 0.25) is 0 Å². The van der Waals surface area contributed by atoms with Crippen LogP contribution in [-0.4, -0.2) is 35.4 Å². The number of carboxylic acid groups (broad SMARTS) is 1. The zero-order valence-electron chi connectivity index (χ0n) is 26.0. The van der Waals surface area contributed by atoms with Crippen molar-refractivity contribution in [3.05, 3.63) is 75.8 Å². The lowest BCUT2D eigenvalue weighted by Gasteiger charge is -2.51. The van der Waals surface area contributed by atoms with Crippen LogP contribution < -0.4 is 20.7 Å². The number of carbonyl (C=O) groups is 3. The minimum absolute atomic E-state index is 0.172. The van der Waals surface area contributed by atoms with E-state index in [0.29, 0.717) is 12.8 Å². The summed E-state index contributed by atoms with van der Waals surface area (Å²) in [5.74, 6) is -5.04. The second-order valence-corrected chi connectivity index (χ2v) is 13.3. The van der Waals surface area contributed by atoms with Crippen molar-refractivity contribution in [3.8, 4) is 16.9 Å². The van der Waals surface area contributed by atoms with Gasteiger partial charge in [-0.2, -0.15) is 0 Å². The number of benzene rings is 3. The molecule has 0 aliphatic heterocycles. The number of urea groups is 1. The highest BCUT2D eigenvalue weighted by atomic mass is 35.5. The standard InChI is InChI=1S/C33H32Cl2F5N3O5/c1-31(2,3)32(11-5-4-6-12-32)27(29(45)46)43-28(44)20-9-7-18(17-8-10-23(36)24(37)13-17)14-25(20)41-30(47)42-26-21(34)15-19(16-22(26)35)48-33(38,39)40/h7-10,13-16,27H,4-6,11-12H2,1-3H3,(H,43,44)(H,45,46)(H2,41,42,47)/t27-/m1/s1. The van der Waals surface area contributed by atoms with Crippen LogP contribution >= 0.6 is 23.2 Å². The number of anilines is 2. The van der Waals surface area contributed by atoms with Crippen molar-refractivity contribution in [1.82, 2.24) is 5.32 Å². The molecule has 4 rings (SSSR count). The Morgan fingerprint density at radius 3 is 1.98 bits per heavy atom. The molecule has 1 fully saturated rings. The van der Waals surface area contributed by atoms with Gasteiger partial charge in [0.1, 0.15) is 11.8 Å². The number of aliphatic carboxylic acids is 1. The summed E-state index contributed by atoms with van der Waals surface area (Å²) in [5, 5.41) is 17.0. The molecule has 0 unspecified atom stereocenters. The maximum absolute atomic E-state index is 14.1. The highest BCUT2D eigenvalue weighted by Gasteiger charge is 2.52. The van der Waals surface area contributed by atoms with Crippen molar-refractivity contribution < 1.29 is 46.2 Å². The van der Waals surface area contributed by atoms with E-state index in [1.807, 2.05) is 20.8 Å². The number of alkyl halides is 3. The van der Waals surface area contributed by atoms with Gasteiger partial charge in [0.15, 0.2) is 11.6 Å². The molecule has 1 atom stereocenters. The van der Waals surface area contributed by atoms with Crippen LogP contribution in [0.2, 0.25) is 10.0 Å². The molecule has 15 heteroatoms. The van der Waals surface area contributed by atoms with Crippen molar-refractivity contribution in [3.63, 3.8) is 0 Å². The molecular formula is C33H32Cl2F5N3O5. The van der Waals surface area contributed by atoms with Crippen LogP contribution in [0.4, 0.5) is 38.1 Å². The van der Waals surface area contributed by atoms with Crippen LogP contribution in [0.1, 0.15) is 63.2 Å². The van der Waals surface area contributed by atoms with Crippen LogP contribution in [0.15, 0.2) is 48.5 Å². The number of hydrogen-bond acceptors (Lipinski definition) is 4. The van der Waals surface area contributed by atoms with E-state index in [4.69, 9.17) is 23.2 Å². The van der Waals surface area contributed by atoms with Crippen molar-refractivity contribution in [2.24, 2.45) is 10.8 Å². The van der Waals surface area contributed by atoms with Crippen molar-refractivity contribution in [2.45, 2.75) is 65.3 Å². The summed E-state index contributed by atoms with van der Waals surface area (Å²) in [6.07, 6.45) is -1.42. The van der Waals surface area contributed by atoms with Gasteiger partial charge < -0.3 is 25.8 Å². The van der Waals surface area contributed by atoms with E-state index >= 15 is 0 Å². The first-order chi connectivity index (χ1) is 22.3. The normalized spacial score (nSPS) is 15.3. The summed E-state index contributed by atoms with van der Waals surface area (Å²) in [4.78, 5) is 39.7. The molecule has 8 nitrogen and oxygen atoms in total. The lowest BCUT2D eigenvalue weighted by atomic mass is 9.55. The lowest BCUT2D eigenvalue weighted by Crippen LogP contribution is -2.58. The molecule has 1 saturated carbocycles. The number of ether oxygens (including phenoxy) is 1. The van der Waals surface area contributed by atoms with Gasteiger partial charge in [0.25, 0.3) is 5.91 Å². The van der Waals surface area contributed by atoms with Gasteiger partial charge in [0.05, 0.1) is 27.0 Å². The average molecular weight is 717 g/mol. The van der Waals surface area contributed by atoms with Gasteiger partial charge in [-0.25, -0.2) is 18.4 Å². The zero-order chi connectivity index (χ0) is 35.6. The Bertz CT molecular complexity index is 1700. The van der Waals surface area contributed by atoms with Gasteiger partial charge in [-0.15, -0.1) is 13.2 Å². The maximum Gasteiger partial charge on any atom is 0.573 e. The average Bonchev–Trinajstić information content (AvgIpc) is 2.98. The van der Waals surface area contributed by atoms with E-state index in [9.17, 15) is 41.4 Å². The predicted octanol–water partition coefficient (Wildman–Crippen LogP) is 9.66. The minimum atomic E-state index is -5.03. The quantitative estimate of drug-likeness (QED) is 0.173. The zero-order valence-corrected chi connectivity index (χ0v) is 27.5. The van der Waals surface area contributed by atoms with Gasteiger partial charge in [-0.3, -0.25) is 4.79 Å². The number of hydrogen-bond donors (Lipinski definition) is 4. The molecule has 1 aliphatic rings. The van der Waals surface area contributed by atoms with Crippen LogP contribution in [0.25, 0.3) is 11.1 Å². The highest BCUT2D eigenvalue weighted by Crippen LogP contribution is 2.52. The Morgan fingerprint density at radius 1 is 0.854 bits per heavy atom. The Balaban J connectivity index is 1.71. The fraction of sp³-hybridized carbons (Fsp3) is 0.364. The molecular weight excluding hydrogens is 684 g/mol. The summed E-state index contributed by atoms with van der Waals surface area (Å²) in [7, 11) is 0. The molecule has 0 heterocycles. The molecule has 3 amide bonds. The molecule has 258 valence electrons. The maximum atomic E-state index is 14.1. The molecule has 0 radical (unpaired) electrons. The first-order valence-electron chi connectivity index (χ1n) is 14.8. The first-order valence-corrected chi connectivity index (χ1v) is 15.5. The topological polar surface area (TPSA) is 117 Å². The fourth-order valence-electron chi connectivity index (χ4n) is 6.13. The molecule has 48 heavy (non-hydrogen) atoms. The Kier molecular flexibility index (Phi) is 10.8. The van der Waals surface area contributed by atoms with E-state index < -0.39 is 68.6 Å². The van der Waals surface area contributed by atoms with Gasteiger partial charge >= 0.3 is 18.4 Å². The fourth-order valence-corrected chi connectivity index (χ4v) is 6.69. The van der Waals surface area contributed by atoms with Crippen LogP contribution in [0.5, 0.6) is 5.75 Å². The third-order valence-electron chi connectivity index (χ3n) is 8.57. The smallest absolute Gasteiger partial charge is 0.480 e. The summed E-state index contributed by atoms with van der Waals surface area (Å²) < 4.78 is 69.6. The van der Waals surface area contributed by atoms with Crippen molar-refractivity contribution >= 4 is 52.5 Å². The Labute approximate surface area is 282 Å². The van der Waals surface area contributed by atoms with E-state index in [1.165, 1.54) is 24.3 Å². The second-order valence-electron chi connectivity index (χ2n) is 12.5. The van der Waals surface area contributed by atoms with E-state index in [2.05, 4.69) is 20.7 Å². The number of carbonyl (C=O) groups excluding carboxylic acids is 2. The summed E-state index contributed by atoms with van der Waals surface area (Å²) in [5.41, 5.74) is -1.50. The van der Waals surface area contributed by atoms with Crippen LogP contribution in [0.3, 0.4) is 0 Å². The Morgan fingerprint density at radius 2 is 1.44 bits per heavy atom. The largest absolute Gasteiger partial charge is 0.573 e. The molecule has 4 N–H and O–H groups in total. The predicted molar refractivity (Wildman–Crippen MR) is 171 cm³/mol. The van der Waals surface area contributed by atoms with Crippen molar-refractivity contribution in [2.75, 3.05) is 10.6 Å². The molecule has 0 aromatic heterocycles. The monoisotopic (exact) mass is 715 g/mol. The molecule has 0 bridgehead atoms. The molecule has 3 aromatic rings. The van der Waals surface area contributed by atoms with Crippen LogP contribution in [-0.2, 0) is 4.79 Å². The summed E-state index contributed by atoms with van der Waals surface area (Å²) in [6, 6.07) is 6.29. The summed E-state index contributed by atoms with van der Waals surface area (Å²) in [6.45, 7) is 5.77. The van der Waals surface area contributed by atoms with Gasteiger partial charge in [-0.05, 0) is 53.6 Å². The van der Waals surface area contributed by atoms with E-state index in [1.54, 1.807) is 0 Å². The molecule has 0 spiro atoms. The number of carboxylic acids is 1. The summed E-state index contributed by atoms with van der Waals surface area (Å²) >= 11 is 12.2. The minimum Gasteiger partial charge on any atom is -0.480 e. The van der Waals surface area contributed by atoms with Gasteiger partial charge in [0, 0.05) is 17.5 Å². The van der Waals surface area contributed by atoms with E-state index in [0.717, 1.165) is 43.5 Å². The van der Waals surface area contributed by atoms with Gasteiger partial charge in [-0.1, -0.05) is 75.4 Å². The third kappa shape index (κ3) is 8.30. The second kappa shape index (κ2) is 14.2. The number of rotatable bonds is 8. The van der Waals surface area contributed by atoms with Crippen LogP contribution in [0, 0.1) is 22.5 Å². The Hall–Kier alpha value is -4.10. The highest BCUT2D eigenvalue weighted by molar-refractivity contribution is 6.40. The first kappa shape index (κ1) is 36.7. The molecule has 0 saturated heterocycles. The lowest BCUT2D eigenvalue weighted by molar-refractivity contribution is -0.274. The number of amides is 3. The number of halogens is 7. The van der Waals surface area contributed by atoms with Crippen molar-refractivity contribution in [1.29, 1.82) is 0 Å². The van der Waals surface area contributed by atoms with E-state index in [-0.39, 0.29) is 28.1 Å². The SMILES string of the molecule is CC(C)(C)C1([C@H](NC(=O)c2ccc(-c3ccc(F)c(F)c3)cc2NC(=O)Nc2c(Cl)cc(OC(F)(F)F)cc2Cl)C(=O)O)CCCCC1.